The van der Waals surface area contributed by atoms with E-state index >= 15 is 0 Å². The van der Waals surface area contributed by atoms with Gasteiger partial charge in [0.25, 0.3) is 0 Å². The van der Waals surface area contributed by atoms with Crippen LogP contribution >= 0.6 is 0 Å². The van der Waals surface area contributed by atoms with E-state index in [0.717, 1.165) is 17.7 Å². The van der Waals surface area contributed by atoms with Crippen LogP contribution in [0.5, 0.6) is 0 Å². The van der Waals surface area contributed by atoms with Gasteiger partial charge in [0, 0.05) is 5.39 Å². The Hall–Kier alpha value is -2.70. The van der Waals surface area contributed by atoms with E-state index in [9.17, 15) is 22.4 Å². The Morgan fingerprint density at radius 2 is 1.89 bits per heavy atom. The third kappa shape index (κ3) is 3.22. The van der Waals surface area contributed by atoms with Crippen molar-refractivity contribution in [3.05, 3.63) is 69.8 Å². The lowest BCUT2D eigenvalue weighted by molar-refractivity contribution is -0.137. The summed E-state index contributed by atoms with van der Waals surface area (Å²) in [5.41, 5.74) is 0.175. The molecule has 1 aromatic heterocycles. The lowest BCUT2D eigenvalue weighted by Crippen LogP contribution is -2.25. The van der Waals surface area contributed by atoms with Crippen molar-refractivity contribution in [3.8, 4) is 5.69 Å². The Morgan fingerprint density at radius 3 is 2.52 bits per heavy atom. The van der Waals surface area contributed by atoms with Crippen molar-refractivity contribution in [2.75, 3.05) is 0 Å². The number of aromatic nitrogens is 2. The van der Waals surface area contributed by atoms with Crippen LogP contribution in [0.25, 0.3) is 16.6 Å². The van der Waals surface area contributed by atoms with Crippen LogP contribution in [0.2, 0.25) is 0 Å². The number of halogens is 4. The molecular formula is C20H16F4N2O. The number of hydrogen-bond donors (Lipinski definition) is 0. The Labute approximate surface area is 152 Å². The minimum Gasteiger partial charge on any atom is -0.260 e. The molecule has 0 spiro atoms. The molecule has 2 aromatic carbocycles. The maximum Gasteiger partial charge on any atom is 0.416 e. The maximum atomic E-state index is 13.3. The SMILES string of the molecule is Cc1ccccc1-n1c(=O)nc(C[C@H]2C[C@H]2F)c2ccc(C(F)(F)F)cc21. The van der Waals surface area contributed by atoms with Gasteiger partial charge in [0.05, 0.1) is 22.5 Å². The van der Waals surface area contributed by atoms with Crippen molar-refractivity contribution in [1.82, 2.24) is 9.55 Å². The molecule has 0 N–H and O–H groups in total. The highest BCUT2D eigenvalue weighted by Crippen LogP contribution is 2.38. The van der Waals surface area contributed by atoms with Crippen molar-refractivity contribution >= 4 is 10.9 Å². The molecule has 1 saturated carbocycles. The number of benzene rings is 2. The van der Waals surface area contributed by atoms with Crippen LogP contribution < -0.4 is 5.69 Å². The number of aryl methyl sites for hydroxylation is 1. The summed E-state index contributed by atoms with van der Waals surface area (Å²) in [7, 11) is 0. The quantitative estimate of drug-likeness (QED) is 0.626. The maximum absolute atomic E-state index is 13.3. The van der Waals surface area contributed by atoms with Gasteiger partial charge in [-0.05, 0) is 49.4 Å². The second-order valence-electron chi connectivity index (χ2n) is 6.91. The Balaban J connectivity index is 2.01. The lowest BCUT2D eigenvalue weighted by Gasteiger charge is -2.16. The fraction of sp³-hybridized carbons (Fsp3) is 0.300. The minimum absolute atomic E-state index is 0.130. The Morgan fingerprint density at radius 1 is 1.19 bits per heavy atom. The summed E-state index contributed by atoms with van der Waals surface area (Å²) in [5.74, 6) is -0.225. The van der Waals surface area contributed by atoms with Gasteiger partial charge >= 0.3 is 11.9 Å². The highest BCUT2D eigenvalue weighted by atomic mass is 19.4. The first-order valence-electron chi connectivity index (χ1n) is 8.58. The van der Waals surface area contributed by atoms with Gasteiger partial charge in [-0.3, -0.25) is 4.57 Å². The third-order valence-electron chi connectivity index (χ3n) is 4.95. The zero-order valence-corrected chi connectivity index (χ0v) is 14.4. The third-order valence-corrected chi connectivity index (χ3v) is 4.95. The van der Waals surface area contributed by atoms with Gasteiger partial charge in [0.15, 0.2) is 0 Å². The van der Waals surface area contributed by atoms with Gasteiger partial charge in [0.1, 0.15) is 6.17 Å². The average molecular weight is 376 g/mol. The molecule has 0 aliphatic heterocycles. The predicted octanol–water partition coefficient (Wildman–Crippen LogP) is 4.61. The molecule has 4 rings (SSSR count). The first kappa shape index (κ1) is 17.7. The van der Waals surface area contributed by atoms with Gasteiger partial charge in [-0.1, -0.05) is 24.3 Å². The molecule has 1 aliphatic carbocycles. The molecular weight excluding hydrogens is 360 g/mol. The van der Waals surface area contributed by atoms with Crippen LogP contribution in [-0.2, 0) is 12.6 Å². The summed E-state index contributed by atoms with van der Waals surface area (Å²) >= 11 is 0. The number of para-hydroxylation sites is 1. The van der Waals surface area contributed by atoms with E-state index in [2.05, 4.69) is 4.98 Å². The first-order valence-corrected chi connectivity index (χ1v) is 8.58. The summed E-state index contributed by atoms with van der Waals surface area (Å²) in [6.45, 7) is 1.77. The van der Waals surface area contributed by atoms with E-state index in [1.54, 1.807) is 31.2 Å². The monoisotopic (exact) mass is 376 g/mol. The van der Waals surface area contributed by atoms with Gasteiger partial charge in [0.2, 0.25) is 0 Å². The molecule has 0 bridgehead atoms. The molecule has 27 heavy (non-hydrogen) atoms. The molecule has 0 radical (unpaired) electrons. The molecule has 1 heterocycles. The summed E-state index contributed by atoms with van der Waals surface area (Å²) in [6, 6.07) is 10.2. The van der Waals surface area contributed by atoms with E-state index in [0.29, 0.717) is 23.2 Å². The van der Waals surface area contributed by atoms with Crippen LogP contribution in [0.1, 0.15) is 23.2 Å². The normalized spacial score (nSPS) is 19.4. The number of fused-ring (bicyclic) bond motifs is 1. The Bertz CT molecular complexity index is 1090. The van der Waals surface area contributed by atoms with E-state index in [1.165, 1.54) is 10.6 Å². The summed E-state index contributed by atoms with van der Waals surface area (Å²) < 4.78 is 54.3. The highest BCUT2D eigenvalue weighted by Gasteiger charge is 2.38. The second kappa shape index (κ2) is 6.18. The van der Waals surface area contributed by atoms with E-state index in [4.69, 9.17) is 0 Å². The van der Waals surface area contributed by atoms with Crippen LogP contribution in [0.3, 0.4) is 0 Å². The van der Waals surface area contributed by atoms with E-state index < -0.39 is 23.6 Å². The van der Waals surface area contributed by atoms with Gasteiger partial charge in [-0.25, -0.2) is 9.18 Å². The van der Waals surface area contributed by atoms with Crippen molar-refractivity contribution < 1.29 is 17.6 Å². The molecule has 3 nitrogen and oxygen atoms in total. The molecule has 2 atom stereocenters. The van der Waals surface area contributed by atoms with Crippen LogP contribution in [-0.4, -0.2) is 15.7 Å². The number of hydrogen-bond acceptors (Lipinski definition) is 2. The lowest BCUT2D eigenvalue weighted by atomic mass is 10.1. The van der Waals surface area contributed by atoms with E-state index in [1.807, 2.05) is 0 Å². The molecule has 7 heteroatoms. The first-order chi connectivity index (χ1) is 12.8. The highest BCUT2D eigenvalue weighted by molar-refractivity contribution is 5.84. The van der Waals surface area contributed by atoms with Crippen molar-refractivity contribution in [2.24, 2.45) is 5.92 Å². The van der Waals surface area contributed by atoms with Gasteiger partial charge < -0.3 is 0 Å². The molecule has 0 amide bonds. The van der Waals surface area contributed by atoms with E-state index in [-0.39, 0.29) is 17.9 Å². The number of nitrogens with zero attached hydrogens (tertiary/aromatic N) is 2. The topological polar surface area (TPSA) is 34.9 Å². The zero-order chi connectivity index (χ0) is 19.3. The zero-order valence-electron chi connectivity index (χ0n) is 14.4. The fourth-order valence-corrected chi connectivity index (χ4v) is 3.34. The van der Waals surface area contributed by atoms with Crippen molar-refractivity contribution in [1.29, 1.82) is 0 Å². The molecule has 3 aromatic rings. The Kier molecular flexibility index (Phi) is 4.05. The molecule has 1 fully saturated rings. The smallest absolute Gasteiger partial charge is 0.260 e. The standard InChI is InChI=1S/C20H16F4N2O/c1-11-4-2-3-5-17(11)26-18-10-13(20(22,23)24)6-7-14(18)16(25-19(26)27)9-12-8-15(12)21/h2-7,10,12,15H,8-9H2,1H3/t12-,15-/m1/s1. The molecule has 1 aliphatic rings. The average Bonchev–Trinajstić information content (AvgIpc) is 3.30. The van der Waals surface area contributed by atoms with Crippen molar-refractivity contribution in [2.45, 2.75) is 32.1 Å². The van der Waals surface area contributed by atoms with Crippen LogP contribution in [0.15, 0.2) is 47.3 Å². The van der Waals surface area contributed by atoms with Crippen molar-refractivity contribution in [3.63, 3.8) is 0 Å². The minimum atomic E-state index is -4.54. The summed E-state index contributed by atoms with van der Waals surface area (Å²) in [5, 5.41) is 0.435. The summed E-state index contributed by atoms with van der Waals surface area (Å²) in [6.07, 6.45) is -4.84. The number of alkyl halides is 4. The van der Waals surface area contributed by atoms with Gasteiger partial charge in [-0.15, -0.1) is 0 Å². The number of rotatable bonds is 3. The van der Waals surface area contributed by atoms with Gasteiger partial charge in [-0.2, -0.15) is 18.2 Å². The predicted molar refractivity (Wildman–Crippen MR) is 93.8 cm³/mol. The fourth-order valence-electron chi connectivity index (χ4n) is 3.34. The molecule has 140 valence electrons. The van der Waals surface area contributed by atoms with Crippen LogP contribution in [0, 0.1) is 12.8 Å². The molecule has 0 unspecified atom stereocenters. The van der Waals surface area contributed by atoms with Crippen LogP contribution in [0.4, 0.5) is 17.6 Å². The molecule has 0 saturated heterocycles. The largest absolute Gasteiger partial charge is 0.416 e. The summed E-state index contributed by atoms with van der Waals surface area (Å²) in [4.78, 5) is 16.8. The second-order valence-corrected chi connectivity index (χ2v) is 6.91.